The summed E-state index contributed by atoms with van der Waals surface area (Å²) in [5, 5.41) is 9.78. The second-order valence-corrected chi connectivity index (χ2v) is 11.1. The van der Waals surface area contributed by atoms with Gasteiger partial charge in [0.25, 0.3) is 5.91 Å². The van der Waals surface area contributed by atoms with E-state index in [-0.39, 0.29) is 53.6 Å². The number of carbonyl (C=O) groups excluding carboxylic acids is 1. The average molecular weight is 677 g/mol. The molecule has 5 atom stereocenters. The molecule has 0 radical (unpaired) electrons. The fourth-order valence-electron chi connectivity index (χ4n) is 5.46. The molecule has 13 nitrogen and oxygen atoms in total. The number of nitrogens with zero attached hydrogens (tertiary/aromatic N) is 3. The first-order chi connectivity index (χ1) is 22.8. The third kappa shape index (κ3) is 9.32. The minimum Gasteiger partial charge on any atom is -0.491 e. The molecule has 1 aromatic carbocycles. The van der Waals surface area contributed by atoms with Crippen LogP contribution in [0.5, 0.6) is 5.75 Å². The molecule has 4 rings (SSSR count). The first-order valence-electron chi connectivity index (χ1n) is 15.1. The number of pyridine rings is 1. The van der Waals surface area contributed by atoms with Crippen LogP contribution in [0.1, 0.15) is 23.2 Å². The van der Waals surface area contributed by atoms with E-state index in [4.69, 9.17) is 40.0 Å². The first kappa shape index (κ1) is 36.3. The number of amides is 1. The fourth-order valence-corrected chi connectivity index (χ4v) is 5.63. The fraction of sp³-hybridized carbons (Fsp3) is 0.500. The Morgan fingerprint density at radius 2 is 1.74 bits per heavy atom. The molecular formula is C32H42ClFN6O7. The highest BCUT2D eigenvalue weighted by Gasteiger charge is 2.46. The van der Waals surface area contributed by atoms with Crippen LogP contribution in [-0.2, 0) is 23.7 Å². The lowest BCUT2D eigenvalue weighted by Gasteiger charge is -2.45. The summed E-state index contributed by atoms with van der Waals surface area (Å²) in [7, 11) is 7.98. The molecular weight excluding hydrogens is 635 g/mol. The van der Waals surface area contributed by atoms with Crippen LogP contribution in [0.4, 0.5) is 15.9 Å². The standard InChI is InChI=1S/C32H42ClFN6O7/c1-42-18-26-28(45-4)29(46-5)27(44-3)24(47-26)10-14-35-11-6-12-37-32(41)21-16-36-13-9-23(21)39-31-25(43-2)17-38-30(40-31)20-15-19(33)7-8-22(20)34/h7-9,13,15-17,24,26-29,35H,6,10-12,14,18H2,1-5H3,(H,37,41)(H,36,38,39,40)/t24?,26-,27+,28-,29-/m0/s1. The Kier molecular flexibility index (Phi) is 14.0. The second kappa shape index (κ2) is 18.2. The van der Waals surface area contributed by atoms with Crippen LogP contribution in [0.25, 0.3) is 11.4 Å². The predicted molar refractivity (Wildman–Crippen MR) is 174 cm³/mol. The number of hydrogen-bond acceptors (Lipinski definition) is 12. The zero-order valence-electron chi connectivity index (χ0n) is 27.1. The van der Waals surface area contributed by atoms with Crippen molar-refractivity contribution in [2.24, 2.45) is 0 Å². The number of rotatable bonds is 17. The highest BCUT2D eigenvalue weighted by atomic mass is 35.5. The Bertz CT molecular complexity index is 1460. The molecule has 3 heterocycles. The molecule has 1 unspecified atom stereocenters. The summed E-state index contributed by atoms with van der Waals surface area (Å²) in [6, 6.07) is 5.76. The maximum absolute atomic E-state index is 14.5. The van der Waals surface area contributed by atoms with Crippen molar-refractivity contribution in [1.82, 2.24) is 25.6 Å². The topological polar surface area (TPSA) is 147 Å². The average Bonchev–Trinajstić information content (AvgIpc) is 3.08. The van der Waals surface area contributed by atoms with Gasteiger partial charge < -0.3 is 44.4 Å². The van der Waals surface area contributed by atoms with Crippen LogP contribution in [-0.4, -0.2) is 113 Å². The zero-order chi connectivity index (χ0) is 33.8. The largest absolute Gasteiger partial charge is 0.491 e. The van der Waals surface area contributed by atoms with Gasteiger partial charge in [-0.25, -0.2) is 14.4 Å². The molecule has 0 bridgehead atoms. The number of methoxy groups -OCH3 is 5. The molecule has 1 fully saturated rings. The first-order valence-corrected chi connectivity index (χ1v) is 15.5. The lowest BCUT2D eigenvalue weighted by Crippen LogP contribution is -2.60. The summed E-state index contributed by atoms with van der Waals surface area (Å²) in [5.41, 5.74) is 0.856. The molecule has 3 aromatic rings. The van der Waals surface area contributed by atoms with E-state index in [2.05, 4.69) is 30.9 Å². The van der Waals surface area contributed by atoms with Gasteiger partial charge in [0.1, 0.15) is 30.2 Å². The van der Waals surface area contributed by atoms with E-state index in [1.165, 1.54) is 37.7 Å². The van der Waals surface area contributed by atoms with Crippen LogP contribution in [0.15, 0.2) is 42.9 Å². The van der Waals surface area contributed by atoms with E-state index >= 15 is 0 Å². The number of halogens is 2. The van der Waals surface area contributed by atoms with Crippen molar-refractivity contribution in [2.45, 2.75) is 43.4 Å². The lowest BCUT2D eigenvalue weighted by molar-refractivity contribution is -0.250. The molecule has 1 amide bonds. The predicted octanol–water partition coefficient (Wildman–Crippen LogP) is 3.64. The molecule has 3 N–H and O–H groups in total. The van der Waals surface area contributed by atoms with Crippen LogP contribution >= 0.6 is 11.6 Å². The van der Waals surface area contributed by atoms with Crippen LogP contribution in [0.2, 0.25) is 5.02 Å². The third-order valence-electron chi connectivity index (χ3n) is 7.76. The highest BCUT2D eigenvalue weighted by Crippen LogP contribution is 2.31. The number of ether oxygens (including phenoxy) is 6. The van der Waals surface area contributed by atoms with Crippen molar-refractivity contribution >= 4 is 29.0 Å². The number of aromatic nitrogens is 3. The van der Waals surface area contributed by atoms with E-state index < -0.39 is 5.82 Å². The van der Waals surface area contributed by atoms with Gasteiger partial charge in [0, 0.05) is 52.4 Å². The Hall–Kier alpha value is -3.50. The maximum Gasteiger partial charge on any atom is 0.254 e. The summed E-state index contributed by atoms with van der Waals surface area (Å²) in [4.78, 5) is 25.9. The van der Waals surface area contributed by atoms with E-state index in [0.717, 1.165) is 0 Å². The molecule has 2 aromatic heterocycles. The number of anilines is 2. The van der Waals surface area contributed by atoms with Gasteiger partial charge in [-0.05, 0) is 50.2 Å². The van der Waals surface area contributed by atoms with Crippen molar-refractivity contribution in [2.75, 3.05) is 67.1 Å². The van der Waals surface area contributed by atoms with Gasteiger partial charge in [-0.2, -0.15) is 0 Å². The maximum atomic E-state index is 14.5. The zero-order valence-corrected chi connectivity index (χ0v) is 27.9. The van der Waals surface area contributed by atoms with Gasteiger partial charge in [-0.3, -0.25) is 9.78 Å². The van der Waals surface area contributed by atoms with Crippen LogP contribution < -0.4 is 20.7 Å². The summed E-state index contributed by atoms with van der Waals surface area (Å²) in [6.07, 6.45) is 4.38. The Morgan fingerprint density at radius 1 is 0.979 bits per heavy atom. The van der Waals surface area contributed by atoms with E-state index in [0.29, 0.717) is 61.1 Å². The van der Waals surface area contributed by atoms with Gasteiger partial charge in [0.2, 0.25) is 0 Å². The van der Waals surface area contributed by atoms with Gasteiger partial charge in [-0.1, -0.05) is 11.6 Å². The minimum atomic E-state index is -0.527. The second-order valence-electron chi connectivity index (χ2n) is 10.7. The van der Waals surface area contributed by atoms with Crippen LogP contribution in [0.3, 0.4) is 0 Å². The molecule has 1 saturated heterocycles. The van der Waals surface area contributed by atoms with Crippen molar-refractivity contribution in [3.8, 4) is 17.1 Å². The summed E-state index contributed by atoms with van der Waals surface area (Å²) in [6.45, 7) is 2.14. The highest BCUT2D eigenvalue weighted by molar-refractivity contribution is 6.30. The van der Waals surface area contributed by atoms with E-state index in [1.54, 1.807) is 40.7 Å². The van der Waals surface area contributed by atoms with Crippen LogP contribution in [0, 0.1) is 5.82 Å². The number of benzene rings is 1. The third-order valence-corrected chi connectivity index (χ3v) is 8.00. The van der Waals surface area contributed by atoms with Gasteiger partial charge in [-0.15, -0.1) is 0 Å². The molecule has 47 heavy (non-hydrogen) atoms. The quantitative estimate of drug-likeness (QED) is 0.179. The Labute approximate surface area is 278 Å². The SMILES string of the molecule is COC[C@@H]1OC(CCNCCCNC(=O)c2cnccc2Nc2nc(-c3cc(Cl)ccc3F)ncc2OC)[C@@H](OC)[C@H](OC)[C@H]1OC. The van der Waals surface area contributed by atoms with Crippen molar-refractivity contribution < 1.29 is 37.6 Å². The molecule has 0 spiro atoms. The van der Waals surface area contributed by atoms with Crippen molar-refractivity contribution in [1.29, 1.82) is 0 Å². The number of carbonyl (C=O) groups is 1. The minimum absolute atomic E-state index is 0.0983. The van der Waals surface area contributed by atoms with Gasteiger partial charge in [0.15, 0.2) is 17.4 Å². The van der Waals surface area contributed by atoms with Gasteiger partial charge in [0.05, 0.1) is 42.8 Å². The summed E-state index contributed by atoms with van der Waals surface area (Å²) >= 11 is 6.06. The molecule has 15 heteroatoms. The smallest absolute Gasteiger partial charge is 0.254 e. The summed E-state index contributed by atoms with van der Waals surface area (Å²) < 4.78 is 48.6. The Morgan fingerprint density at radius 3 is 2.47 bits per heavy atom. The molecule has 256 valence electrons. The van der Waals surface area contributed by atoms with E-state index in [9.17, 15) is 9.18 Å². The summed E-state index contributed by atoms with van der Waals surface area (Å²) in [5.74, 6) is -0.216. The lowest BCUT2D eigenvalue weighted by atomic mass is 9.93. The molecule has 1 aliphatic rings. The molecule has 1 aliphatic heterocycles. The number of hydrogen-bond donors (Lipinski definition) is 3. The van der Waals surface area contributed by atoms with Crippen molar-refractivity contribution in [3.63, 3.8) is 0 Å². The Balaban J connectivity index is 1.30. The molecule has 0 aliphatic carbocycles. The van der Waals surface area contributed by atoms with Gasteiger partial charge >= 0.3 is 0 Å². The van der Waals surface area contributed by atoms with Crippen molar-refractivity contribution in [3.05, 3.63) is 59.3 Å². The number of nitrogens with one attached hydrogen (secondary N) is 3. The monoisotopic (exact) mass is 676 g/mol. The normalized spacial score (nSPS) is 21.0. The van der Waals surface area contributed by atoms with E-state index in [1.807, 2.05) is 0 Å². The molecule has 0 saturated carbocycles.